The molecule has 188 valence electrons. The number of fused-ring (bicyclic) bond motifs is 1. The van der Waals surface area contributed by atoms with Gasteiger partial charge in [-0.3, -0.25) is 19.1 Å². The van der Waals surface area contributed by atoms with Gasteiger partial charge in [-0.15, -0.1) is 11.3 Å². The number of amides is 1. The first-order valence-electron chi connectivity index (χ1n) is 12.1. The van der Waals surface area contributed by atoms with Crippen LogP contribution in [0.15, 0.2) is 16.0 Å². The van der Waals surface area contributed by atoms with Crippen LogP contribution in [0.3, 0.4) is 0 Å². The second-order valence-electron chi connectivity index (χ2n) is 9.84. The predicted molar refractivity (Wildman–Crippen MR) is 134 cm³/mol. The lowest BCUT2D eigenvalue weighted by molar-refractivity contribution is -0.133. The maximum Gasteiger partial charge on any atom is 0.263 e. The monoisotopic (exact) mass is 509 g/mol. The van der Waals surface area contributed by atoms with Crippen LogP contribution in [0.4, 0.5) is 0 Å². The number of hydrogen-bond donors (Lipinski definition) is 0. The van der Waals surface area contributed by atoms with E-state index < -0.39 is 15.6 Å². The van der Waals surface area contributed by atoms with E-state index in [1.165, 1.54) is 26.5 Å². The molecule has 4 heterocycles. The molecule has 2 saturated heterocycles. The average Bonchev–Trinajstić information content (AvgIpc) is 3.13. The van der Waals surface area contributed by atoms with Gasteiger partial charge in [-0.05, 0) is 38.1 Å². The third kappa shape index (κ3) is 4.93. The lowest BCUT2D eigenvalue weighted by atomic mass is 9.94. The van der Waals surface area contributed by atoms with Crippen LogP contribution in [0.25, 0.3) is 10.2 Å². The summed E-state index contributed by atoms with van der Waals surface area (Å²) in [7, 11) is -3.85. The third-order valence-electron chi connectivity index (χ3n) is 6.80. The molecule has 2 aliphatic heterocycles. The van der Waals surface area contributed by atoms with E-state index >= 15 is 0 Å². The van der Waals surface area contributed by atoms with Crippen LogP contribution in [0.1, 0.15) is 38.5 Å². The maximum absolute atomic E-state index is 13.7. The predicted octanol–water partition coefficient (Wildman–Crippen LogP) is 1.99. The molecule has 0 spiro atoms. The molecule has 0 bridgehead atoms. The molecule has 0 radical (unpaired) electrons. The Labute approximate surface area is 205 Å². The largest absolute Gasteiger partial charge is 0.339 e. The Balaban J connectivity index is 1.62. The van der Waals surface area contributed by atoms with Crippen molar-refractivity contribution in [2.24, 2.45) is 11.8 Å². The van der Waals surface area contributed by atoms with E-state index in [4.69, 9.17) is 0 Å². The highest BCUT2D eigenvalue weighted by atomic mass is 32.2. The minimum absolute atomic E-state index is 0.0567. The molecule has 2 atom stereocenters. The number of sulfonamides is 1. The Kier molecular flexibility index (Phi) is 7.47. The van der Waals surface area contributed by atoms with Crippen molar-refractivity contribution >= 4 is 37.5 Å². The highest BCUT2D eigenvalue weighted by Crippen LogP contribution is 2.35. The summed E-state index contributed by atoms with van der Waals surface area (Å²) >= 11 is 1.21. The molecule has 0 N–H and O–H groups in total. The number of carbonyl (C=O) groups excluding carboxylic acids is 1. The zero-order chi connectivity index (χ0) is 24.6. The van der Waals surface area contributed by atoms with E-state index in [1.54, 1.807) is 11.8 Å². The Morgan fingerprint density at radius 2 is 1.79 bits per heavy atom. The molecular weight excluding hydrogens is 474 g/mol. The Morgan fingerprint density at radius 3 is 2.41 bits per heavy atom. The molecule has 9 nitrogen and oxygen atoms in total. The van der Waals surface area contributed by atoms with Crippen LogP contribution in [-0.2, 0) is 21.4 Å². The third-order valence-corrected chi connectivity index (χ3v) is 9.95. The number of piperazine rings is 1. The van der Waals surface area contributed by atoms with Crippen LogP contribution < -0.4 is 5.56 Å². The zero-order valence-corrected chi connectivity index (χ0v) is 22.1. The molecule has 2 fully saturated rings. The highest BCUT2D eigenvalue weighted by Gasteiger charge is 2.36. The Bertz CT molecular complexity index is 1200. The van der Waals surface area contributed by atoms with Gasteiger partial charge in [0.1, 0.15) is 16.3 Å². The Morgan fingerprint density at radius 1 is 1.15 bits per heavy atom. The van der Waals surface area contributed by atoms with Gasteiger partial charge in [-0.1, -0.05) is 20.8 Å². The summed E-state index contributed by atoms with van der Waals surface area (Å²) in [6.45, 7) is 12.7. The molecule has 1 amide bonds. The van der Waals surface area contributed by atoms with E-state index in [2.05, 4.69) is 30.7 Å². The van der Waals surface area contributed by atoms with Crippen molar-refractivity contribution in [3.63, 3.8) is 0 Å². The molecule has 2 aromatic heterocycles. The van der Waals surface area contributed by atoms with E-state index in [-0.39, 0.29) is 34.6 Å². The van der Waals surface area contributed by atoms with Crippen LogP contribution in [-0.4, -0.2) is 83.8 Å². The summed E-state index contributed by atoms with van der Waals surface area (Å²) in [6, 6.07) is 0. The first-order valence-corrected chi connectivity index (χ1v) is 14.4. The molecule has 2 aliphatic rings. The summed E-state index contributed by atoms with van der Waals surface area (Å²) in [5.41, 5.74) is -0.469. The topological polar surface area (TPSA) is 95.8 Å². The van der Waals surface area contributed by atoms with Crippen LogP contribution in [0.2, 0.25) is 0 Å². The second kappa shape index (κ2) is 10.0. The van der Waals surface area contributed by atoms with E-state index in [1.807, 2.05) is 0 Å². The van der Waals surface area contributed by atoms with Crippen molar-refractivity contribution in [1.29, 1.82) is 0 Å². The zero-order valence-electron chi connectivity index (χ0n) is 20.5. The van der Waals surface area contributed by atoms with Gasteiger partial charge in [-0.2, -0.15) is 4.31 Å². The standard InChI is InChI=1S/C23H35N5O4S2/c1-5-6-25-7-9-26(10-8-25)19(29)14-27-15-24-22-20(23(27)30)21(18(4)33-22)34(31,32)28-12-16(2)11-17(3)13-28/h15-17H,5-14H2,1-4H3/t16-,17-/m1/s1. The van der Waals surface area contributed by atoms with E-state index in [0.29, 0.717) is 35.9 Å². The fourth-order valence-corrected chi connectivity index (χ4v) is 8.60. The van der Waals surface area contributed by atoms with Crippen LogP contribution in [0, 0.1) is 18.8 Å². The lowest BCUT2D eigenvalue weighted by Gasteiger charge is -2.34. The van der Waals surface area contributed by atoms with Gasteiger partial charge >= 0.3 is 0 Å². The molecule has 11 heteroatoms. The van der Waals surface area contributed by atoms with Gasteiger partial charge in [0.25, 0.3) is 5.56 Å². The van der Waals surface area contributed by atoms with Gasteiger partial charge < -0.3 is 4.90 Å². The number of carbonyl (C=O) groups is 1. The fraction of sp³-hybridized carbons (Fsp3) is 0.696. The number of rotatable bonds is 6. The molecule has 34 heavy (non-hydrogen) atoms. The number of aromatic nitrogens is 2. The van der Waals surface area contributed by atoms with Gasteiger partial charge in [0, 0.05) is 44.1 Å². The van der Waals surface area contributed by atoms with Crippen LogP contribution >= 0.6 is 11.3 Å². The summed E-state index contributed by atoms with van der Waals surface area (Å²) in [5.74, 6) is 0.372. The minimum Gasteiger partial charge on any atom is -0.339 e. The molecule has 2 aromatic rings. The van der Waals surface area contributed by atoms with Crippen molar-refractivity contribution in [3.8, 4) is 0 Å². The molecule has 4 rings (SSSR count). The quantitative estimate of drug-likeness (QED) is 0.591. The first kappa shape index (κ1) is 25.3. The van der Waals surface area contributed by atoms with E-state index in [0.717, 1.165) is 32.5 Å². The summed E-state index contributed by atoms with van der Waals surface area (Å²) in [6.07, 6.45) is 3.43. The van der Waals surface area contributed by atoms with Gasteiger partial charge in [0.05, 0.1) is 11.7 Å². The number of nitrogens with zero attached hydrogens (tertiary/aromatic N) is 5. The molecular formula is C23H35N5O4S2. The maximum atomic E-state index is 13.7. The van der Waals surface area contributed by atoms with Gasteiger partial charge in [-0.25, -0.2) is 13.4 Å². The van der Waals surface area contributed by atoms with Crippen molar-refractivity contribution in [1.82, 2.24) is 23.7 Å². The number of aryl methyl sites for hydroxylation is 1. The average molecular weight is 510 g/mol. The van der Waals surface area contributed by atoms with Crippen molar-refractivity contribution in [2.75, 3.05) is 45.8 Å². The summed E-state index contributed by atoms with van der Waals surface area (Å²) < 4.78 is 30.1. The van der Waals surface area contributed by atoms with Gasteiger partial charge in [0.2, 0.25) is 15.9 Å². The van der Waals surface area contributed by atoms with Gasteiger partial charge in [0.15, 0.2) is 0 Å². The van der Waals surface area contributed by atoms with Crippen LogP contribution in [0.5, 0.6) is 0 Å². The second-order valence-corrected chi connectivity index (χ2v) is 12.9. The fourth-order valence-electron chi connectivity index (χ4n) is 5.25. The molecule has 0 aromatic carbocycles. The number of piperidine rings is 1. The first-order chi connectivity index (χ1) is 16.1. The van der Waals surface area contributed by atoms with Crippen molar-refractivity contribution in [3.05, 3.63) is 21.6 Å². The van der Waals surface area contributed by atoms with E-state index in [9.17, 15) is 18.0 Å². The SMILES string of the molecule is CCCN1CCN(C(=O)Cn2cnc3sc(C)c(S(=O)(=O)N4C[C@H](C)C[C@@H](C)C4)c3c2=O)CC1. The van der Waals surface area contributed by atoms with Crippen molar-refractivity contribution in [2.45, 2.75) is 52.0 Å². The Hall–Kier alpha value is -1.82. The highest BCUT2D eigenvalue weighted by molar-refractivity contribution is 7.89. The van der Waals surface area contributed by atoms with Crippen molar-refractivity contribution < 1.29 is 13.2 Å². The lowest BCUT2D eigenvalue weighted by Crippen LogP contribution is -2.50. The normalized spacial score (nSPS) is 23.0. The number of thiophene rings is 1. The summed E-state index contributed by atoms with van der Waals surface area (Å²) in [4.78, 5) is 35.9. The smallest absolute Gasteiger partial charge is 0.263 e. The molecule has 0 unspecified atom stereocenters. The number of hydrogen-bond acceptors (Lipinski definition) is 7. The summed E-state index contributed by atoms with van der Waals surface area (Å²) in [5, 5.41) is 0.108. The molecule has 0 aliphatic carbocycles. The minimum atomic E-state index is -3.85. The molecule has 0 saturated carbocycles.